The molecule has 0 radical (unpaired) electrons. The number of hydrogen-bond donors (Lipinski definition) is 0. The minimum atomic E-state index is -0.868. The lowest BCUT2D eigenvalue weighted by molar-refractivity contribution is -0.136. The minimum Gasteiger partial charge on any atom is -0.378 e. The monoisotopic (exact) mass is 298 g/mol. The summed E-state index contributed by atoms with van der Waals surface area (Å²) in [6, 6.07) is 3.65. The Bertz CT molecular complexity index is 504. The van der Waals surface area contributed by atoms with Gasteiger partial charge in [-0.15, -0.1) is 0 Å². The summed E-state index contributed by atoms with van der Waals surface area (Å²) >= 11 is 0. The van der Waals surface area contributed by atoms with Crippen molar-refractivity contribution in [2.24, 2.45) is 0 Å². The number of benzene rings is 1. The largest absolute Gasteiger partial charge is 0.378 e. The average Bonchev–Trinajstić information content (AvgIpc) is 2.50. The van der Waals surface area contributed by atoms with E-state index in [0.717, 1.165) is 6.07 Å². The van der Waals surface area contributed by atoms with E-state index >= 15 is 0 Å². The molecule has 0 aromatic heterocycles. The van der Waals surface area contributed by atoms with E-state index in [2.05, 4.69) is 0 Å². The van der Waals surface area contributed by atoms with E-state index in [0.29, 0.717) is 31.9 Å². The Morgan fingerprint density at radius 1 is 1.33 bits per heavy atom. The van der Waals surface area contributed by atoms with Crippen molar-refractivity contribution in [2.45, 2.75) is 13.0 Å². The van der Waals surface area contributed by atoms with Crippen molar-refractivity contribution in [1.82, 2.24) is 9.80 Å². The number of carbonyl (C=O) groups is 1. The maximum absolute atomic E-state index is 13.3. The molecule has 1 unspecified atom stereocenters. The summed E-state index contributed by atoms with van der Waals surface area (Å²) in [4.78, 5) is 15.7. The summed E-state index contributed by atoms with van der Waals surface area (Å²) in [5, 5.41) is 0. The summed E-state index contributed by atoms with van der Waals surface area (Å²) in [6.45, 7) is 4.43. The van der Waals surface area contributed by atoms with Crippen molar-refractivity contribution in [1.29, 1.82) is 0 Å². The van der Waals surface area contributed by atoms with Crippen molar-refractivity contribution in [2.75, 3.05) is 39.9 Å². The van der Waals surface area contributed by atoms with E-state index in [1.807, 2.05) is 11.8 Å². The van der Waals surface area contributed by atoms with Crippen molar-refractivity contribution in [3.05, 3.63) is 35.4 Å². The third-order valence-electron chi connectivity index (χ3n) is 3.84. The molecule has 1 aromatic rings. The van der Waals surface area contributed by atoms with Gasteiger partial charge < -0.3 is 9.64 Å². The first-order valence-corrected chi connectivity index (χ1v) is 6.99. The number of halogens is 2. The zero-order valence-corrected chi connectivity index (χ0v) is 12.3. The van der Waals surface area contributed by atoms with E-state index in [1.54, 1.807) is 18.0 Å². The molecule has 1 aromatic carbocycles. The number of amides is 1. The lowest BCUT2D eigenvalue weighted by atomic mass is 10.1. The molecule has 0 bridgehead atoms. The van der Waals surface area contributed by atoms with Gasteiger partial charge in [0.1, 0.15) is 0 Å². The van der Waals surface area contributed by atoms with Crippen molar-refractivity contribution >= 4 is 5.91 Å². The van der Waals surface area contributed by atoms with E-state index < -0.39 is 11.6 Å². The first-order chi connectivity index (χ1) is 9.99. The van der Waals surface area contributed by atoms with Crippen molar-refractivity contribution in [3.8, 4) is 0 Å². The molecule has 1 aliphatic rings. The molecule has 6 heteroatoms. The zero-order valence-electron chi connectivity index (χ0n) is 12.3. The van der Waals surface area contributed by atoms with Gasteiger partial charge in [-0.1, -0.05) is 6.07 Å². The quantitative estimate of drug-likeness (QED) is 0.850. The molecule has 2 rings (SSSR count). The summed E-state index contributed by atoms with van der Waals surface area (Å²) < 4.78 is 31.4. The van der Waals surface area contributed by atoms with Gasteiger partial charge >= 0.3 is 0 Å². The maximum atomic E-state index is 13.3. The molecule has 21 heavy (non-hydrogen) atoms. The SMILES string of the molecule is CC(c1ccc(F)c(F)c1)N(C)CC(=O)N1CCOCC1. The predicted octanol–water partition coefficient (Wildman–Crippen LogP) is 1.82. The highest BCUT2D eigenvalue weighted by molar-refractivity contribution is 5.78. The van der Waals surface area contributed by atoms with Crippen LogP contribution in [0.25, 0.3) is 0 Å². The Kier molecular flexibility index (Phi) is 5.25. The van der Waals surface area contributed by atoms with Gasteiger partial charge in [-0.25, -0.2) is 8.78 Å². The highest BCUT2D eigenvalue weighted by Gasteiger charge is 2.21. The van der Waals surface area contributed by atoms with Gasteiger partial charge in [0.05, 0.1) is 19.8 Å². The second kappa shape index (κ2) is 6.95. The Hall–Kier alpha value is -1.53. The van der Waals surface area contributed by atoms with E-state index in [1.165, 1.54) is 6.07 Å². The number of rotatable bonds is 4. The van der Waals surface area contributed by atoms with Gasteiger partial charge in [0.15, 0.2) is 11.6 Å². The van der Waals surface area contributed by atoms with Gasteiger partial charge in [-0.3, -0.25) is 9.69 Å². The molecule has 0 N–H and O–H groups in total. The molecular formula is C15H20F2N2O2. The van der Waals surface area contributed by atoms with Crippen LogP contribution in [0.2, 0.25) is 0 Å². The Morgan fingerprint density at radius 2 is 2.00 bits per heavy atom. The number of hydrogen-bond acceptors (Lipinski definition) is 3. The Labute approximate surface area is 123 Å². The molecule has 4 nitrogen and oxygen atoms in total. The fourth-order valence-electron chi connectivity index (χ4n) is 2.29. The molecule has 0 saturated carbocycles. The van der Waals surface area contributed by atoms with Gasteiger partial charge in [0.25, 0.3) is 0 Å². The number of nitrogens with zero attached hydrogens (tertiary/aromatic N) is 2. The Morgan fingerprint density at radius 3 is 2.62 bits per heavy atom. The summed E-state index contributed by atoms with van der Waals surface area (Å²) in [7, 11) is 1.80. The third-order valence-corrected chi connectivity index (χ3v) is 3.84. The smallest absolute Gasteiger partial charge is 0.236 e. The van der Waals surface area contributed by atoms with Gasteiger partial charge in [0, 0.05) is 19.1 Å². The lowest BCUT2D eigenvalue weighted by Gasteiger charge is -2.31. The van der Waals surface area contributed by atoms with Crippen LogP contribution in [-0.4, -0.2) is 55.6 Å². The second-order valence-electron chi connectivity index (χ2n) is 5.26. The van der Waals surface area contributed by atoms with Crippen molar-refractivity contribution < 1.29 is 18.3 Å². The van der Waals surface area contributed by atoms with Crippen LogP contribution in [0.1, 0.15) is 18.5 Å². The number of morpholine rings is 1. The molecule has 116 valence electrons. The fourth-order valence-corrected chi connectivity index (χ4v) is 2.29. The standard InChI is InChI=1S/C15H20F2N2O2/c1-11(12-3-4-13(16)14(17)9-12)18(2)10-15(20)19-5-7-21-8-6-19/h3-4,9,11H,5-8,10H2,1-2H3. The van der Waals surface area contributed by atoms with Crippen LogP contribution in [0.15, 0.2) is 18.2 Å². The molecular weight excluding hydrogens is 278 g/mol. The normalized spacial score (nSPS) is 17.1. The van der Waals surface area contributed by atoms with Crippen LogP contribution in [0.4, 0.5) is 8.78 Å². The van der Waals surface area contributed by atoms with Crippen LogP contribution in [0.5, 0.6) is 0 Å². The maximum Gasteiger partial charge on any atom is 0.236 e. The molecule has 1 fully saturated rings. The van der Waals surface area contributed by atoms with Gasteiger partial charge in [-0.05, 0) is 31.7 Å². The molecule has 1 saturated heterocycles. The summed E-state index contributed by atoms with van der Waals surface area (Å²) in [5.74, 6) is -1.71. The summed E-state index contributed by atoms with van der Waals surface area (Å²) in [6.07, 6.45) is 0. The lowest BCUT2D eigenvalue weighted by Crippen LogP contribution is -2.45. The Balaban J connectivity index is 1.96. The molecule has 0 spiro atoms. The van der Waals surface area contributed by atoms with Crippen LogP contribution in [0.3, 0.4) is 0 Å². The van der Waals surface area contributed by atoms with Gasteiger partial charge in [-0.2, -0.15) is 0 Å². The van der Waals surface area contributed by atoms with Crippen LogP contribution in [-0.2, 0) is 9.53 Å². The fraction of sp³-hybridized carbons (Fsp3) is 0.533. The number of likely N-dealkylation sites (N-methyl/N-ethyl adjacent to an activating group) is 1. The molecule has 1 atom stereocenters. The number of carbonyl (C=O) groups excluding carboxylic acids is 1. The van der Waals surface area contributed by atoms with E-state index in [4.69, 9.17) is 4.74 Å². The molecule has 1 heterocycles. The third kappa shape index (κ3) is 3.98. The first-order valence-electron chi connectivity index (χ1n) is 6.99. The highest BCUT2D eigenvalue weighted by atomic mass is 19.2. The number of ether oxygens (including phenoxy) is 1. The first kappa shape index (κ1) is 15.9. The van der Waals surface area contributed by atoms with E-state index in [-0.39, 0.29) is 18.5 Å². The topological polar surface area (TPSA) is 32.8 Å². The predicted molar refractivity (Wildman–Crippen MR) is 74.8 cm³/mol. The highest BCUT2D eigenvalue weighted by Crippen LogP contribution is 2.20. The van der Waals surface area contributed by atoms with Crippen LogP contribution < -0.4 is 0 Å². The van der Waals surface area contributed by atoms with Crippen LogP contribution in [0, 0.1) is 11.6 Å². The average molecular weight is 298 g/mol. The minimum absolute atomic E-state index is 0.0234. The zero-order chi connectivity index (χ0) is 15.4. The molecule has 0 aliphatic carbocycles. The second-order valence-corrected chi connectivity index (χ2v) is 5.26. The van der Waals surface area contributed by atoms with Gasteiger partial charge in [0.2, 0.25) is 5.91 Å². The van der Waals surface area contributed by atoms with E-state index in [9.17, 15) is 13.6 Å². The van der Waals surface area contributed by atoms with Crippen LogP contribution >= 0.6 is 0 Å². The molecule has 1 amide bonds. The summed E-state index contributed by atoms with van der Waals surface area (Å²) in [5.41, 5.74) is 0.645. The molecule has 1 aliphatic heterocycles. The van der Waals surface area contributed by atoms with Crippen molar-refractivity contribution in [3.63, 3.8) is 0 Å².